The van der Waals surface area contributed by atoms with Gasteiger partial charge in [-0.05, 0) is 25.0 Å². The highest BCUT2D eigenvalue weighted by Crippen LogP contribution is 2.31. The number of hydrogen-bond acceptors (Lipinski definition) is 4. The summed E-state index contributed by atoms with van der Waals surface area (Å²) in [6.07, 6.45) is 1.06. The lowest BCUT2D eigenvalue weighted by Crippen LogP contribution is -2.44. The van der Waals surface area contributed by atoms with Crippen molar-refractivity contribution in [3.8, 4) is 0 Å². The Morgan fingerprint density at radius 3 is 2.71 bits per heavy atom. The standard InChI is InChI=1S/C12H15ClFN3O3S/c13-8-4-9(14)10(15)5-11(8)21(19,20)17-3-1-2-7(6-17)12(16)18/h4-5,7H,1-3,6,15H2,(H2,16,18). The van der Waals surface area contributed by atoms with Crippen LogP contribution in [0.4, 0.5) is 10.1 Å². The zero-order chi connectivity index (χ0) is 15.8. The minimum Gasteiger partial charge on any atom is -0.396 e. The Morgan fingerprint density at radius 1 is 1.43 bits per heavy atom. The second-order valence-electron chi connectivity index (χ2n) is 4.91. The van der Waals surface area contributed by atoms with Crippen molar-refractivity contribution >= 4 is 33.2 Å². The van der Waals surface area contributed by atoms with E-state index in [1.165, 1.54) is 0 Å². The second kappa shape index (κ2) is 5.78. The van der Waals surface area contributed by atoms with Gasteiger partial charge in [-0.2, -0.15) is 4.31 Å². The molecule has 1 aromatic carbocycles. The molecule has 2 rings (SSSR count). The van der Waals surface area contributed by atoms with Crippen LogP contribution in [0.15, 0.2) is 17.0 Å². The number of amides is 1. The summed E-state index contributed by atoms with van der Waals surface area (Å²) in [5.41, 5.74) is 10.3. The summed E-state index contributed by atoms with van der Waals surface area (Å²) in [6, 6.07) is 1.85. The minimum absolute atomic E-state index is 0.00865. The third-order valence-electron chi connectivity index (χ3n) is 3.46. The van der Waals surface area contributed by atoms with Crippen LogP contribution in [0, 0.1) is 11.7 Å². The molecule has 0 aliphatic carbocycles. The monoisotopic (exact) mass is 335 g/mol. The number of carbonyl (C=O) groups excluding carboxylic acids is 1. The molecule has 0 spiro atoms. The Bertz CT molecular complexity index is 681. The van der Waals surface area contributed by atoms with Gasteiger partial charge < -0.3 is 11.5 Å². The number of carbonyl (C=O) groups is 1. The number of nitrogen functional groups attached to an aromatic ring is 1. The lowest BCUT2D eigenvalue weighted by molar-refractivity contribution is -0.122. The molecule has 1 aliphatic rings. The normalized spacial score (nSPS) is 20.4. The highest BCUT2D eigenvalue weighted by atomic mass is 35.5. The molecule has 1 unspecified atom stereocenters. The van der Waals surface area contributed by atoms with Crippen molar-refractivity contribution in [3.63, 3.8) is 0 Å². The van der Waals surface area contributed by atoms with Crippen LogP contribution in [0.3, 0.4) is 0 Å². The highest BCUT2D eigenvalue weighted by Gasteiger charge is 2.34. The largest absolute Gasteiger partial charge is 0.396 e. The summed E-state index contributed by atoms with van der Waals surface area (Å²) in [6.45, 7) is 0.241. The molecule has 116 valence electrons. The molecule has 0 saturated carbocycles. The van der Waals surface area contributed by atoms with Crippen LogP contribution in [-0.2, 0) is 14.8 Å². The van der Waals surface area contributed by atoms with Crippen LogP contribution >= 0.6 is 11.6 Å². The van der Waals surface area contributed by atoms with Gasteiger partial charge in [0.25, 0.3) is 0 Å². The number of halogens is 2. The van der Waals surface area contributed by atoms with E-state index in [0.717, 1.165) is 16.4 Å². The molecule has 6 nitrogen and oxygen atoms in total. The summed E-state index contributed by atoms with van der Waals surface area (Å²) in [7, 11) is -3.95. The summed E-state index contributed by atoms with van der Waals surface area (Å²) in [5.74, 6) is -1.86. The van der Waals surface area contributed by atoms with Gasteiger partial charge in [0, 0.05) is 13.1 Å². The number of hydrogen-bond donors (Lipinski definition) is 2. The van der Waals surface area contributed by atoms with Crippen molar-refractivity contribution in [1.82, 2.24) is 4.31 Å². The van der Waals surface area contributed by atoms with Crippen LogP contribution in [0.5, 0.6) is 0 Å². The molecule has 21 heavy (non-hydrogen) atoms. The van der Waals surface area contributed by atoms with Gasteiger partial charge in [0.1, 0.15) is 10.7 Å². The van der Waals surface area contributed by atoms with Crippen LogP contribution in [-0.4, -0.2) is 31.7 Å². The van der Waals surface area contributed by atoms with E-state index in [1.807, 2.05) is 0 Å². The van der Waals surface area contributed by atoms with E-state index >= 15 is 0 Å². The van der Waals surface area contributed by atoms with Crippen molar-refractivity contribution in [3.05, 3.63) is 23.0 Å². The Balaban J connectivity index is 2.38. The predicted molar refractivity (Wildman–Crippen MR) is 76.5 cm³/mol. The number of sulfonamides is 1. The number of nitrogens with two attached hydrogens (primary N) is 2. The van der Waals surface area contributed by atoms with E-state index in [4.69, 9.17) is 23.1 Å². The van der Waals surface area contributed by atoms with Gasteiger partial charge in [-0.1, -0.05) is 11.6 Å². The molecular formula is C12H15ClFN3O3S. The third kappa shape index (κ3) is 3.12. The van der Waals surface area contributed by atoms with Gasteiger partial charge >= 0.3 is 0 Å². The molecule has 1 fully saturated rings. The fourth-order valence-corrected chi connectivity index (χ4v) is 4.32. The van der Waals surface area contributed by atoms with Crippen molar-refractivity contribution in [2.45, 2.75) is 17.7 Å². The van der Waals surface area contributed by atoms with Crippen molar-refractivity contribution in [2.24, 2.45) is 11.7 Å². The molecule has 0 aromatic heterocycles. The van der Waals surface area contributed by atoms with Crippen molar-refractivity contribution < 1.29 is 17.6 Å². The first kappa shape index (κ1) is 16.0. The topological polar surface area (TPSA) is 106 Å². The molecule has 4 N–H and O–H groups in total. The molecule has 1 aliphatic heterocycles. The smallest absolute Gasteiger partial charge is 0.244 e. The number of primary amides is 1. The van der Waals surface area contributed by atoms with Gasteiger partial charge in [-0.3, -0.25) is 4.79 Å². The summed E-state index contributed by atoms with van der Waals surface area (Å²) < 4.78 is 39.5. The third-order valence-corrected chi connectivity index (χ3v) is 5.79. The number of piperidine rings is 1. The van der Waals surface area contributed by atoms with Crippen LogP contribution in [0.1, 0.15) is 12.8 Å². The number of anilines is 1. The van der Waals surface area contributed by atoms with E-state index in [2.05, 4.69) is 0 Å². The zero-order valence-corrected chi connectivity index (χ0v) is 12.6. The number of rotatable bonds is 3. The minimum atomic E-state index is -3.95. The Kier molecular flexibility index (Phi) is 4.40. The molecule has 0 bridgehead atoms. The van der Waals surface area contributed by atoms with E-state index in [9.17, 15) is 17.6 Å². The maximum Gasteiger partial charge on any atom is 0.244 e. The number of benzene rings is 1. The zero-order valence-electron chi connectivity index (χ0n) is 11.1. The van der Waals surface area contributed by atoms with E-state index < -0.39 is 27.7 Å². The van der Waals surface area contributed by atoms with Crippen LogP contribution in [0.25, 0.3) is 0 Å². The van der Waals surface area contributed by atoms with Gasteiger partial charge in [0.15, 0.2) is 0 Å². The second-order valence-corrected chi connectivity index (χ2v) is 7.22. The summed E-state index contributed by atoms with van der Waals surface area (Å²) in [5, 5.41) is -0.247. The molecule has 1 amide bonds. The Hall–Kier alpha value is -1.38. The molecular weight excluding hydrogens is 321 g/mol. The molecule has 9 heteroatoms. The summed E-state index contributed by atoms with van der Waals surface area (Å²) in [4.78, 5) is 11.0. The average molecular weight is 336 g/mol. The van der Waals surface area contributed by atoms with Gasteiger partial charge in [-0.25, -0.2) is 12.8 Å². The Morgan fingerprint density at radius 2 is 2.10 bits per heavy atom. The predicted octanol–water partition coefficient (Wildman–Crippen LogP) is 0.947. The fourth-order valence-electron chi connectivity index (χ4n) is 2.27. The molecule has 1 atom stereocenters. The molecule has 0 radical (unpaired) electrons. The summed E-state index contributed by atoms with van der Waals surface area (Å²) >= 11 is 5.81. The van der Waals surface area contributed by atoms with E-state index in [-0.39, 0.29) is 28.7 Å². The van der Waals surface area contributed by atoms with Crippen LogP contribution < -0.4 is 11.5 Å². The first-order valence-electron chi connectivity index (χ1n) is 6.27. The first-order valence-corrected chi connectivity index (χ1v) is 8.09. The van der Waals surface area contributed by atoms with Crippen molar-refractivity contribution in [1.29, 1.82) is 0 Å². The Labute approximate surface area is 126 Å². The molecule has 1 heterocycles. The maximum atomic E-state index is 13.3. The number of nitrogens with zero attached hydrogens (tertiary/aromatic N) is 1. The SMILES string of the molecule is NC(=O)C1CCCN(S(=O)(=O)c2cc(N)c(F)cc2Cl)C1. The van der Waals surface area contributed by atoms with E-state index in [1.54, 1.807) is 0 Å². The van der Waals surface area contributed by atoms with Crippen LogP contribution in [0.2, 0.25) is 5.02 Å². The lowest BCUT2D eigenvalue weighted by Gasteiger charge is -2.30. The van der Waals surface area contributed by atoms with Gasteiger partial charge in [0.2, 0.25) is 15.9 Å². The molecule has 1 aromatic rings. The maximum absolute atomic E-state index is 13.3. The van der Waals surface area contributed by atoms with Gasteiger partial charge in [0.05, 0.1) is 16.6 Å². The fraction of sp³-hybridized carbons (Fsp3) is 0.417. The quantitative estimate of drug-likeness (QED) is 0.802. The first-order chi connectivity index (χ1) is 9.73. The van der Waals surface area contributed by atoms with Crippen molar-refractivity contribution in [2.75, 3.05) is 18.8 Å². The lowest BCUT2D eigenvalue weighted by atomic mass is 9.99. The average Bonchev–Trinajstić information content (AvgIpc) is 2.42. The van der Waals surface area contributed by atoms with E-state index in [0.29, 0.717) is 12.8 Å². The van der Waals surface area contributed by atoms with Gasteiger partial charge in [-0.15, -0.1) is 0 Å². The highest BCUT2D eigenvalue weighted by molar-refractivity contribution is 7.89. The molecule has 1 saturated heterocycles.